The molecule has 0 spiro atoms. The van der Waals surface area contributed by atoms with Crippen molar-refractivity contribution in [3.05, 3.63) is 57.9 Å². The second kappa shape index (κ2) is 5.49. The van der Waals surface area contributed by atoms with Gasteiger partial charge in [0.05, 0.1) is 11.4 Å². The maximum atomic E-state index is 13.5. The molecule has 0 unspecified atom stereocenters. The number of aryl methyl sites for hydroxylation is 2. The summed E-state index contributed by atoms with van der Waals surface area (Å²) in [4.78, 5) is 0. The van der Waals surface area contributed by atoms with Crippen molar-refractivity contribution in [1.82, 2.24) is 0 Å². The minimum atomic E-state index is -0.147. The summed E-state index contributed by atoms with van der Waals surface area (Å²) >= 11 is 5.92. The van der Waals surface area contributed by atoms with Crippen molar-refractivity contribution in [1.29, 1.82) is 0 Å². The number of nitrogens with two attached hydrogens (primary N) is 1. The van der Waals surface area contributed by atoms with Crippen molar-refractivity contribution in [2.45, 2.75) is 20.4 Å². The summed E-state index contributed by atoms with van der Waals surface area (Å²) in [7, 11) is 0. The van der Waals surface area contributed by atoms with Crippen molar-refractivity contribution in [2.24, 2.45) is 0 Å². The van der Waals surface area contributed by atoms with Crippen LogP contribution in [0, 0.1) is 19.7 Å². The van der Waals surface area contributed by atoms with Crippen LogP contribution < -0.4 is 11.1 Å². The minimum absolute atomic E-state index is 0.147. The molecule has 0 atom stereocenters. The molecule has 0 saturated heterocycles. The quantitative estimate of drug-likeness (QED) is 0.822. The van der Waals surface area contributed by atoms with E-state index in [1.54, 1.807) is 32.0 Å². The van der Waals surface area contributed by atoms with Crippen LogP contribution in [0.5, 0.6) is 0 Å². The highest BCUT2D eigenvalue weighted by atomic mass is 35.5. The van der Waals surface area contributed by atoms with Gasteiger partial charge in [-0.25, -0.2) is 4.39 Å². The van der Waals surface area contributed by atoms with E-state index >= 15 is 0 Å². The number of nitrogens with one attached hydrogen (secondary N) is 1. The van der Waals surface area contributed by atoms with Gasteiger partial charge >= 0.3 is 0 Å². The van der Waals surface area contributed by atoms with Gasteiger partial charge in [0.2, 0.25) is 0 Å². The molecule has 0 aliphatic carbocycles. The standard InChI is InChI=1S/C15H16ClFN2/c1-9-5-11(6-10(2)15(9)17)8-19-14-7-12(16)3-4-13(14)18/h3-7,19H,8,18H2,1-2H3. The van der Waals surface area contributed by atoms with Crippen LogP contribution in [0.15, 0.2) is 30.3 Å². The van der Waals surface area contributed by atoms with Gasteiger partial charge in [-0.15, -0.1) is 0 Å². The topological polar surface area (TPSA) is 38.0 Å². The molecule has 3 N–H and O–H groups in total. The molecule has 0 aliphatic rings. The number of anilines is 2. The Hall–Kier alpha value is -1.74. The van der Waals surface area contributed by atoms with Crippen LogP contribution in [0.25, 0.3) is 0 Å². The van der Waals surface area contributed by atoms with Gasteiger partial charge in [-0.05, 0) is 48.7 Å². The molecule has 0 aliphatic heterocycles. The second-order valence-corrected chi connectivity index (χ2v) is 5.07. The van der Waals surface area contributed by atoms with E-state index in [4.69, 9.17) is 17.3 Å². The third kappa shape index (κ3) is 3.18. The maximum absolute atomic E-state index is 13.5. The number of benzene rings is 2. The normalized spacial score (nSPS) is 10.5. The van der Waals surface area contributed by atoms with Gasteiger partial charge in [0.25, 0.3) is 0 Å². The number of hydrogen-bond donors (Lipinski definition) is 2. The molecule has 2 rings (SSSR count). The summed E-state index contributed by atoms with van der Waals surface area (Å²) in [5.74, 6) is -0.147. The molecule has 2 nitrogen and oxygen atoms in total. The fourth-order valence-corrected chi connectivity index (χ4v) is 2.19. The van der Waals surface area contributed by atoms with Gasteiger partial charge in [0.1, 0.15) is 5.82 Å². The molecule has 100 valence electrons. The zero-order valence-electron chi connectivity index (χ0n) is 10.9. The van der Waals surface area contributed by atoms with Crippen LogP contribution in [0.2, 0.25) is 5.02 Å². The lowest BCUT2D eigenvalue weighted by atomic mass is 10.1. The summed E-state index contributed by atoms with van der Waals surface area (Å²) in [6.07, 6.45) is 0. The van der Waals surface area contributed by atoms with Crippen molar-refractivity contribution >= 4 is 23.0 Å². The number of halogens is 2. The smallest absolute Gasteiger partial charge is 0.129 e. The number of nitrogen functional groups attached to an aromatic ring is 1. The number of hydrogen-bond acceptors (Lipinski definition) is 2. The predicted octanol–water partition coefficient (Wildman–Crippen LogP) is 4.29. The van der Waals surface area contributed by atoms with Gasteiger partial charge in [-0.1, -0.05) is 23.7 Å². The van der Waals surface area contributed by atoms with Crippen LogP contribution in [0.4, 0.5) is 15.8 Å². The van der Waals surface area contributed by atoms with Crippen LogP contribution in [-0.4, -0.2) is 0 Å². The summed E-state index contributed by atoms with van der Waals surface area (Å²) in [6.45, 7) is 4.10. The highest BCUT2D eigenvalue weighted by molar-refractivity contribution is 6.31. The van der Waals surface area contributed by atoms with Gasteiger partial charge in [0.15, 0.2) is 0 Å². The van der Waals surface area contributed by atoms with Gasteiger partial charge in [-0.3, -0.25) is 0 Å². The molecular weight excluding hydrogens is 263 g/mol. The van der Waals surface area contributed by atoms with Gasteiger partial charge in [-0.2, -0.15) is 0 Å². The minimum Gasteiger partial charge on any atom is -0.397 e. The van der Waals surface area contributed by atoms with Crippen LogP contribution in [0.3, 0.4) is 0 Å². The molecule has 0 radical (unpaired) electrons. The molecule has 4 heteroatoms. The molecule has 0 amide bonds. The summed E-state index contributed by atoms with van der Waals surface area (Å²) in [6, 6.07) is 8.94. The maximum Gasteiger partial charge on any atom is 0.129 e. The first kappa shape index (κ1) is 13.7. The van der Waals surface area contributed by atoms with Crippen LogP contribution >= 0.6 is 11.6 Å². The molecular formula is C15H16ClFN2. The van der Waals surface area contributed by atoms with E-state index in [-0.39, 0.29) is 5.82 Å². The van der Waals surface area contributed by atoms with E-state index in [0.29, 0.717) is 28.4 Å². The Morgan fingerprint density at radius 1 is 1.16 bits per heavy atom. The summed E-state index contributed by atoms with van der Waals surface area (Å²) in [5, 5.41) is 3.84. The molecule has 0 bridgehead atoms. The summed E-state index contributed by atoms with van der Waals surface area (Å²) < 4.78 is 13.5. The number of rotatable bonds is 3. The van der Waals surface area contributed by atoms with E-state index in [0.717, 1.165) is 11.3 Å². The van der Waals surface area contributed by atoms with Crippen molar-refractivity contribution in [2.75, 3.05) is 11.1 Å². The SMILES string of the molecule is Cc1cc(CNc2cc(Cl)ccc2N)cc(C)c1F. The van der Waals surface area contributed by atoms with E-state index < -0.39 is 0 Å². The predicted molar refractivity (Wildman–Crippen MR) is 79.1 cm³/mol. The van der Waals surface area contributed by atoms with Gasteiger partial charge < -0.3 is 11.1 Å². The largest absolute Gasteiger partial charge is 0.397 e. The van der Waals surface area contributed by atoms with E-state index in [1.165, 1.54) is 0 Å². The lowest BCUT2D eigenvalue weighted by Gasteiger charge is -2.11. The zero-order chi connectivity index (χ0) is 14.0. The van der Waals surface area contributed by atoms with Crippen LogP contribution in [0.1, 0.15) is 16.7 Å². The van der Waals surface area contributed by atoms with Crippen molar-refractivity contribution in [3.8, 4) is 0 Å². The second-order valence-electron chi connectivity index (χ2n) is 4.63. The molecule has 0 saturated carbocycles. The Balaban J connectivity index is 2.17. The Bertz CT molecular complexity index is 588. The Labute approximate surface area is 117 Å². The third-order valence-corrected chi connectivity index (χ3v) is 3.23. The fourth-order valence-electron chi connectivity index (χ4n) is 2.02. The first-order chi connectivity index (χ1) is 8.97. The van der Waals surface area contributed by atoms with Crippen molar-refractivity contribution < 1.29 is 4.39 Å². The van der Waals surface area contributed by atoms with E-state index in [9.17, 15) is 4.39 Å². The fraction of sp³-hybridized carbons (Fsp3) is 0.200. The van der Waals surface area contributed by atoms with Crippen LogP contribution in [-0.2, 0) is 6.54 Å². The highest BCUT2D eigenvalue weighted by Gasteiger charge is 2.05. The molecule has 0 fully saturated rings. The van der Waals surface area contributed by atoms with E-state index in [1.807, 2.05) is 12.1 Å². The first-order valence-corrected chi connectivity index (χ1v) is 6.39. The lowest BCUT2D eigenvalue weighted by Crippen LogP contribution is -2.04. The molecule has 0 heterocycles. The molecule has 0 aromatic heterocycles. The molecule has 2 aromatic rings. The zero-order valence-corrected chi connectivity index (χ0v) is 11.7. The molecule has 2 aromatic carbocycles. The average molecular weight is 279 g/mol. The lowest BCUT2D eigenvalue weighted by molar-refractivity contribution is 0.608. The average Bonchev–Trinajstić information content (AvgIpc) is 2.37. The Kier molecular flexibility index (Phi) is 3.96. The molecule has 19 heavy (non-hydrogen) atoms. The van der Waals surface area contributed by atoms with E-state index in [2.05, 4.69) is 5.32 Å². The summed E-state index contributed by atoms with van der Waals surface area (Å²) in [5.41, 5.74) is 9.59. The van der Waals surface area contributed by atoms with Gasteiger partial charge in [0, 0.05) is 11.6 Å². The monoisotopic (exact) mass is 278 g/mol. The third-order valence-electron chi connectivity index (χ3n) is 2.99. The Morgan fingerprint density at radius 2 is 1.79 bits per heavy atom. The highest BCUT2D eigenvalue weighted by Crippen LogP contribution is 2.24. The Morgan fingerprint density at radius 3 is 2.42 bits per heavy atom. The first-order valence-electron chi connectivity index (χ1n) is 6.02. The van der Waals surface area contributed by atoms with Crippen molar-refractivity contribution in [3.63, 3.8) is 0 Å².